The van der Waals surface area contributed by atoms with Crippen LogP contribution in [0, 0.1) is 0 Å². The molecule has 3 rings (SSSR count). The molecule has 2 aromatic rings. The number of nitrogens with zero attached hydrogens (tertiary/aromatic N) is 1. The third-order valence-electron chi connectivity index (χ3n) is 5.18. The molecule has 0 spiro atoms. The van der Waals surface area contributed by atoms with Gasteiger partial charge in [0.1, 0.15) is 12.4 Å². The number of benzene rings is 2. The van der Waals surface area contributed by atoms with E-state index in [0.717, 1.165) is 44.5 Å². The van der Waals surface area contributed by atoms with Crippen molar-refractivity contribution in [2.24, 2.45) is 0 Å². The van der Waals surface area contributed by atoms with Gasteiger partial charge in [-0.2, -0.15) is 0 Å². The minimum Gasteiger partial charge on any atom is -0.489 e. The van der Waals surface area contributed by atoms with E-state index in [2.05, 4.69) is 42.2 Å². The predicted octanol–water partition coefficient (Wildman–Crippen LogP) is 4.22. The van der Waals surface area contributed by atoms with E-state index in [1.54, 1.807) is 0 Å². The first kappa shape index (κ1) is 18.9. The minimum atomic E-state index is -0.275. The summed E-state index contributed by atoms with van der Waals surface area (Å²) in [5.74, 6) is 1.03. The van der Waals surface area contributed by atoms with Gasteiger partial charge in [-0.05, 0) is 61.9 Å². The molecule has 2 aromatic carbocycles. The highest BCUT2D eigenvalue weighted by molar-refractivity contribution is 5.42. The number of aliphatic hydroxyl groups excluding tert-OH is 1. The lowest BCUT2D eigenvalue weighted by Gasteiger charge is -2.36. The molecule has 0 aromatic heterocycles. The highest BCUT2D eigenvalue weighted by Crippen LogP contribution is 2.32. The molecule has 0 radical (unpaired) electrons. The van der Waals surface area contributed by atoms with Gasteiger partial charge < -0.3 is 9.84 Å². The van der Waals surface area contributed by atoms with Crippen LogP contribution in [0.1, 0.15) is 43.4 Å². The Hall–Kier alpha value is -1.84. The van der Waals surface area contributed by atoms with Crippen molar-refractivity contribution in [3.8, 4) is 5.75 Å². The van der Waals surface area contributed by atoms with Crippen molar-refractivity contribution in [1.29, 1.82) is 0 Å². The van der Waals surface area contributed by atoms with Crippen LogP contribution in [0.15, 0.2) is 48.5 Å². The quantitative estimate of drug-likeness (QED) is 0.771. The van der Waals surface area contributed by atoms with E-state index in [0.29, 0.717) is 12.6 Å². The van der Waals surface area contributed by atoms with Crippen LogP contribution in [-0.4, -0.2) is 35.2 Å². The van der Waals surface area contributed by atoms with Crippen molar-refractivity contribution in [2.45, 2.75) is 58.3 Å². The Morgan fingerprint density at radius 2 is 1.96 bits per heavy atom. The summed E-state index contributed by atoms with van der Waals surface area (Å²) in [7, 11) is 0. The number of rotatable bonds is 8. The fraction of sp³-hybridized carbons (Fsp3) is 0.478. The molecule has 0 amide bonds. The van der Waals surface area contributed by atoms with Gasteiger partial charge in [-0.3, -0.25) is 4.90 Å². The van der Waals surface area contributed by atoms with Crippen LogP contribution in [0.2, 0.25) is 0 Å². The zero-order chi connectivity index (χ0) is 18.4. The molecule has 1 aliphatic rings. The van der Waals surface area contributed by atoms with Gasteiger partial charge in [0.15, 0.2) is 0 Å². The van der Waals surface area contributed by atoms with Crippen molar-refractivity contribution in [2.75, 3.05) is 13.1 Å². The summed E-state index contributed by atoms with van der Waals surface area (Å²) >= 11 is 0. The van der Waals surface area contributed by atoms with Crippen LogP contribution in [0.3, 0.4) is 0 Å². The maximum absolute atomic E-state index is 9.84. The first-order chi connectivity index (χ1) is 12.7. The summed E-state index contributed by atoms with van der Waals surface area (Å²) in [4.78, 5) is 2.46. The fourth-order valence-electron chi connectivity index (χ4n) is 3.98. The van der Waals surface area contributed by atoms with Crippen LogP contribution in [-0.2, 0) is 19.4 Å². The Balaban J connectivity index is 1.69. The van der Waals surface area contributed by atoms with Gasteiger partial charge in [0, 0.05) is 12.6 Å². The Labute approximate surface area is 157 Å². The zero-order valence-corrected chi connectivity index (χ0v) is 16.0. The van der Waals surface area contributed by atoms with Crippen LogP contribution < -0.4 is 4.74 Å². The Kier molecular flexibility index (Phi) is 6.70. The van der Waals surface area contributed by atoms with Crippen LogP contribution in [0.4, 0.5) is 0 Å². The van der Waals surface area contributed by atoms with E-state index in [1.165, 1.54) is 16.7 Å². The first-order valence-corrected chi connectivity index (χ1v) is 9.87. The van der Waals surface area contributed by atoms with Crippen molar-refractivity contribution >= 4 is 0 Å². The highest BCUT2D eigenvalue weighted by atomic mass is 16.5. The molecule has 26 heavy (non-hydrogen) atoms. The van der Waals surface area contributed by atoms with Gasteiger partial charge in [0.05, 0.1) is 6.10 Å². The van der Waals surface area contributed by atoms with Gasteiger partial charge in [-0.25, -0.2) is 0 Å². The number of fused-ring (bicyclic) bond motifs is 1. The average Bonchev–Trinajstić information content (AvgIpc) is 2.66. The van der Waals surface area contributed by atoms with E-state index >= 15 is 0 Å². The third kappa shape index (κ3) is 4.87. The van der Waals surface area contributed by atoms with Gasteiger partial charge >= 0.3 is 0 Å². The topological polar surface area (TPSA) is 32.7 Å². The summed E-state index contributed by atoms with van der Waals surface area (Å²) in [6, 6.07) is 17.3. The zero-order valence-electron chi connectivity index (χ0n) is 16.0. The van der Waals surface area contributed by atoms with Gasteiger partial charge in [-0.1, -0.05) is 49.4 Å². The Morgan fingerprint density at radius 3 is 2.69 bits per heavy atom. The average molecular weight is 354 g/mol. The summed E-state index contributed by atoms with van der Waals surface area (Å²) < 4.78 is 6.14. The largest absolute Gasteiger partial charge is 0.489 e. The molecule has 0 fully saturated rings. The molecule has 0 bridgehead atoms. The molecule has 1 unspecified atom stereocenters. The number of hydrogen-bond acceptors (Lipinski definition) is 3. The van der Waals surface area contributed by atoms with E-state index in [4.69, 9.17) is 4.74 Å². The smallest absolute Gasteiger partial charge is 0.123 e. The number of ether oxygens (including phenoxy) is 1. The normalized spacial score (nSPS) is 17.8. The molecule has 140 valence electrons. The maximum Gasteiger partial charge on any atom is 0.123 e. The second-order valence-electron chi connectivity index (χ2n) is 7.41. The lowest BCUT2D eigenvalue weighted by atomic mass is 9.86. The highest BCUT2D eigenvalue weighted by Gasteiger charge is 2.26. The van der Waals surface area contributed by atoms with Crippen LogP contribution in [0.25, 0.3) is 0 Å². The van der Waals surface area contributed by atoms with E-state index in [9.17, 15) is 5.11 Å². The van der Waals surface area contributed by atoms with E-state index in [-0.39, 0.29) is 6.10 Å². The molecule has 0 heterocycles. The summed E-state index contributed by atoms with van der Waals surface area (Å²) in [5.41, 5.74) is 3.97. The van der Waals surface area contributed by atoms with Crippen molar-refractivity contribution in [1.82, 2.24) is 4.90 Å². The SMILES string of the molecule is CCCN(C[C@H](C)O)C1CCc2c(cccc2OCc2ccccc2)C1. The van der Waals surface area contributed by atoms with Crippen molar-refractivity contribution < 1.29 is 9.84 Å². The first-order valence-electron chi connectivity index (χ1n) is 9.87. The summed E-state index contributed by atoms with van der Waals surface area (Å²) in [6.45, 7) is 6.52. The van der Waals surface area contributed by atoms with Gasteiger partial charge in [-0.15, -0.1) is 0 Å². The number of aliphatic hydroxyl groups is 1. The Bertz CT molecular complexity index is 684. The molecule has 0 aliphatic heterocycles. The molecular weight excluding hydrogens is 322 g/mol. The second kappa shape index (κ2) is 9.20. The molecule has 0 saturated heterocycles. The minimum absolute atomic E-state index is 0.275. The summed E-state index contributed by atoms with van der Waals surface area (Å²) in [6.07, 6.45) is 4.07. The summed E-state index contributed by atoms with van der Waals surface area (Å²) in [5, 5.41) is 9.84. The van der Waals surface area contributed by atoms with Crippen molar-refractivity contribution in [3.05, 3.63) is 65.2 Å². The Morgan fingerprint density at radius 1 is 1.15 bits per heavy atom. The molecule has 0 saturated carbocycles. The van der Waals surface area contributed by atoms with Gasteiger partial charge in [0.25, 0.3) is 0 Å². The molecule has 2 atom stereocenters. The van der Waals surface area contributed by atoms with Gasteiger partial charge in [0.2, 0.25) is 0 Å². The molecular formula is C23H31NO2. The third-order valence-corrected chi connectivity index (χ3v) is 5.18. The molecule has 1 aliphatic carbocycles. The molecule has 3 nitrogen and oxygen atoms in total. The van der Waals surface area contributed by atoms with Crippen LogP contribution >= 0.6 is 0 Å². The lowest BCUT2D eigenvalue weighted by molar-refractivity contribution is 0.0916. The van der Waals surface area contributed by atoms with Crippen LogP contribution in [0.5, 0.6) is 5.75 Å². The monoisotopic (exact) mass is 353 g/mol. The predicted molar refractivity (Wildman–Crippen MR) is 107 cm³/mol. The van der Waals surface area contributed by atoms with Crippen molar-refractivity contribution in [3.63, 3.8) is 0 Å². The molecule has 3 heteroatoms. The fourth-order valence-corrected chi connectivity index (χ4v) is 3.98. The standard InChI is InChI=1S/C23H31NO2/c1-3-14-24(16-18(2)25)21-12-13-22-20(15-21)10-7-11-23(22)26-17-19-8-5-4-6-9-19/h4-11,18,21,25H,3,12-17H2,1-2H3/t18-,21?/m0/s1. The maximum atomic E-state index is 9.84. The molecule has 1 N–H and O–H groups in total. The number of hydrogen-bond donors (Lipinski definition) is 1. The van der Waals surface area contributed by atoms with E-state index < -0.39 is 0 Å². The lowest BCUT2D eigenvalue weighted by Crippen LogP contribution is -2.43. The second-order valence-corrected chi connectivity index (χ2v) is 7.41. The van der Waals surface area contributed by atoms with E-state index in [1.807, 2.05) is 25.1 Å².